The van der Waals surface area contributed by atoms with Crippen molar-refractivity contribution in [2.45, 2.75) is 19.8 Å². The minimum atomic E-state index is -0.844. The number of nitrogens with zero attached hydrogens (tertiary/aromatic N) is 3. The molecule has 1 amide bonds. The lowest BCUT2D eigenvalue weighted by molar-refractivity contribution is -0.163. The van der Waals surface area contributed by atoms with Crippen LogP contribution in [-0.2, 0) is 16.0 Å². The van der Waals surface area contributed by atoms with Crippen molar-refractivity contribution in [1.82, 2.24) is 14.9 Å². The molecule has 0 atom stereocenters. The summed E-state index contributed by atoms with van der Waals surface area (Å²) in [5.74, 6) is -0.861. The van der Waals surface area contributed by atoms with Gasteiger partial charge in [-0.25, -0.2) is 9.97 Å². The minimum Gasteiger partial charge on any atom is -0.481 e. The van der Waals surface area contributed by atoms with Gasteiger partial charge in [-0.05, 0) is 18.9 Å². The summed E-state index contributed by atoms with van der Waals surface area (Å²) in [6.45, 7) is 2.25. The standard InChI is InChI=1S/C12H15N3O3/c1-12(11(17)18)6-15(7-12)10(16)3-2-9-4-13-8-14-5-9/h4-5,8H,2-3,6-7H2,1H3,(H,17,18). The molecule has 1 fully saturated rings. The molecule has 0 aliphatic carbocycles. The summed E-state index contributed by atoms with van der Waals surface area (Å²) in [5, 5.41) is 8.95. The van der Waals surface area contributed by atoms with Crippen molar-refractivity contribution in [3.05, 3.63) is 24.3 Å². The van der Waals surface area contributed by atoms with Crippen LogP contribution in [0.5, 0.6) is 0 Å². The van der Waals surface area contributed by atoms with Gasteiger partial charge in [-0.15, -0.1) is 0 Å². The molecule has 1 saturated heterocycles. The summed E-state index contributed by atoms with van der Waals surface area (Å²) in [6, 6.07) is 0. The van der Waals surface area contributed by atoms with E-state index in [0.29, 0.717) is 25.9 Å². The SMILES string of the molecule is CC1(C(=O)O)CN(C(=O)CCc2cncnc2)C1. The summed E-state index contributed by atoms with van der Waals surface area (Å²) < 4.78 is 0. The van der Waals surface area contributed by atoms with Gasteiger partial charge in [0.25, 0.3) is 0 Å². The molecule has 1 aliphatic heterocycles. The second-order valence-electron chi connectivity index (χ2n) is 4.86. The molecule has 0 spiro atoms. The molecule has 6 nitrogen and oxygen atoms in total. The molecule has 1 aromatic heterocycles. The average Bonchev–Trinajstić information content (AvgIpc) is 2.33. The van der Waals surface area contributed by atoms with E-state index in [4.69, 9.17) is 5.11 Å². The van der Waals surface area contributed by atoms with Crippen molar-refractivity contribution in [3.63, 3.8) is 0 Å². The number of carbonyl (C=O) groups is 2. The fraction of sp³-hybridized carbons (Fsp3) is 0.500. The highest BCUT2D eigenvalue weighted by Crippen LogP contribution is 2.30. The number of carboxylic acid groups (broad SMARTS) is 1. The highest BCUT2D eigenvalue weighted by Gasteiger charge is 2.46. The number of amides is 1. The molecule has 0 unspecified atom stereocenters. The van der Waals surface area contributed by atoms with Crippen LogP contribution in [0.1, 0.15) is 18.9 Å². The lowest BCUT2D eigenvalue weighted by Gasteiger charge is -2.44. The van der Waals surface area contributed by atoms with E-state index in [0.717, 1.165) is 5.56 Å². The maximum absolute atomic E-state index is 11.8. The Bertz CT molecular complexity index is 455. The van der Waals surface area contributed by atoms with Gasteiger partial charge in [0.15, 0.2) is 0 Å². The monoisotopic (exact) mass is 249 g/mol. The van der Waals surface area contributed by atoms with Crippen molar-refractivity contribution >= 4 is 11.9 Å². The van der Waals surface area contributed by atoms with Crippen LogP contribution in [-0.4, -0.2) is 44.9 Å². The van der Waals surface area contributed by atoms with E-state index < -0.39 is 11.4 Å². The molecule has 0 radical (unpaired) electrons. The molecular formula is C12H15N3O3. The first-order chi connectivity index (χ1) is 8.51. The number of aromatic nitrogens is 2. The fourth-order valence-corrected chi connectivity index (χ4v) is 1.98. The Morgan fingerprint density at radius 2 is 2.00 bits per heavy atom. The molecule has 0 aromatic carbocycles. The lowest BCUT2D eigenvalue weighted by atomic mass is 9.82. The summed E-state index contributed by atoms with van der Waals surface area (Å²) in [4.78, 5) is 32.0. The number of rotatable bonds is 4. The number of hydrogen-bond donors (Lipinski definition) is 1. The van der Waals surface area contributed by atoms with E-state index in [1.54, 1.807) is 24.2 Å². The molecular weight excluding hydrogens is 234 g/mol. The maximum Gasteiger partial charge on any atom is 0.312 e. The van der Waals surface area contributed by atoms with Gasteiger partial charge in [0.2, 0.25) is 5.91 Å². The number of carboxylic acids is 1. The van der Waals surface area contributed by atoms with Crippen LogP contribution in [0.25, 0.3) is 0 Å². The number of carbonyl (C=O) groups excluding carboxylic acids is 1. The van der Waals surface area contributed by atoms with E-state index in [9.17, 15) is 9.59 Å². The Morgan fingerprint density at radius 1 is 1.39 bits per heavy atom. The Hall–Kier alpha value is -1.98. The Kier molecular flexibility index (Phi) is 3.27. The van der Waals surface area contributed by atoms with Crippen molar-refractivity contribution in [1.29, 1.82) is 0 Å². The summed E-state index contributed by atoms with van der Waals surface area (Å²) in [7, 11) is 0. The third-order valence-corrected chi connectivity index (χ3v) is 3.19. The third kappa shape index (κ3) is 2.47. The van der Waals surface area contributed by atoms with Gasteiger partial charge >= 0.3 is 5.97 Å². The molecule has 96 valence electrons. The van der Waals surface area contributed by atoms with Crippen LogP contribution in [0.3, 0.4) is 0 Å². The molecule has 6 heteroatoms. The van der Waals surface area contributed by atoms with Crippen LogP contribution in [0, 0.1) is 5.41 Å². The Balaban J connectivity index is 1.80. The second-order valence-corrected chi connectivity index (χ2v) is 4.86. The molecule has 0 bridgehead atoms. The number of aryl methyl sites for hydroxylation is 1. The van der Waals surface area contributed by atoms with Crippen LogP contribution < -0.4 is 0 Å². The minimum absolute atomic E-state index is 0.0161. The van der Waals surface area contributed by atoms with Crippen molar-refractivity contribution < 1.29 is 14.7 Å². The molecule has 2 heterocycles. The predicted molar refractivity (Wildman–Crippen MR) is 62.7 cm³/mol. The first kappa shape index (κ1) is 12.5. The lowest BCUT2D eigenvalue weighted by Crippen LogP contribution is -2.60. The van der Waals surface area contributed by atoms with Gasteiger partial charge in [0.1, 0.15) is 6.33 Å². The van der Waals surface area contributed by atoms with E-state index >= 15 is 0 Å². The average molecular weight is 249 g/mol. The van der Waals surface area contributed by atoms with E-state index in [1.165, 1.54) is 6.33 Å². The molecule has 2 rings (SSSR count). The molecule has 0 saturated carbocycles. The quantitative estimate of drug-likeness (QED) is 0.832. The molecule has 1 N–H and O–H groups in total. The van der Waals surface area contributed by atoms with Crippen LogP contribution in [0.15, 0.2) is 18.7 Å². The molecule has 18 heavy (non-hydrogen) atoms. The van der Waals surface area contributed by atoms with Gasteiger partial charge in [-0.2, -0.15) is 0 Å². The van der Waals surface area contributed by atoms with Crippen molar-refractivity contribution in [3.8, 4) is 0 Å². The third-order valence-electron chi connectivity index (χ3n) is 3.19. The van der Waals surface area contributed by atoms with E-state index in [2.05, 4.69) is 9.97 Å². The fourth-order valence-electron chi connectivity index (χ4n) is 1.98. The maximum atomic E-state index is 11.8. The first-order valence-electron chi connectivity index (χ1n) is 5.76. The Morgan fingerprint density at radius 3 is 2.56 bits per heavy atom. The second kappa shape index (κ2) is 4.72. The molecule has 1 aromatic rings. The highest BCUT2D eigenvalue weighted by atomic mass is 16.4. The number of aliphatic carboxylic acids is 1. The van der Waals surface area contributed by atoms with Gasteiger partial charge in [-0.3, -0.25) is 9.59 Å². The van der Waals surface area contributed by atoms with Crippen LogP contribution >= 0.6 is 0 Å². The first-order valence-corrected chi connectivity index (χ1v) is 5.76. The zero-order valence-corrected chi connectivity index (χ0v) is 10.2. The van der Waals surface area contributed by atoms with Crippen molar-refractivity contribution in [2.75, 3.05) is 13.1 Å². The zero-order chi connectivity index (χ0) is 13.2. The molecule has 1 aliphatic rings. The highest BCUT2D eigenvalue weighted by molar-refractivity contribution is 5.83. The summed E-state index contributed by atoms with van der Waals surface area (Å²) in [6.07, 6.45) is 5.75. The summed E-state index contributed by atoms with van der Waals surface area (Å²) >= 11 is 0. The smallest absolute Gasteiger partial charge is 0.312 e. The summed E-state index contributed by atoms with van der Waals surface area (Å²) in [5.41, 5.74) is 0.137. The van der Waals surface area contributed by atoms with Gasteiger partial charge in [0.05, 0.1) is 5.41 Å². The number of likely N-dealkylation sites (tertiary alicyclic amines) is 1. The largest absolute Gasteiger partial charge is 0.481 e. The normalized spacial score (nSPS) is 17.1. The van der Waals surface area contributed by atoms with E-state index in [-0.39, 0.29) is 5.91 Å². The predicted octanol–water partition coefficient (Wildman–Crippen LogP) is 0.342. The van der Waals surface area contributed by atoms with Crippen LogP contribution in [0.2, 0.25) is 0 Å². The zero-order valence-electron chi connectivity index (χ0n) is 10.2. The van der Waals surface area contributed by atoms with Gasteiger partial charge < -0.3 is 10.0 Å². The Labute approximate surface area is 105 Å². The van der Waals surface area contributed by atoms with Crippen LogP contribution in [0.4, 0.5) is 0 Å². The number of hydrogen-bond acceptors (Lipinski definition) is 4. The van der Waals surface area contributed by atoms with Gasteiger partial charge in [-0.1, -0.05) is 0 Å². The topological polar surface area (TPSA) is 83.4 Å². The van der Waals surface area contributed by atoms with Crippen molar-refractivity contribution in [2.24, 2.45) is 5.41 Å². The van der Waals surface area contributed by atoms with Gasteiger partial charge in [0, 0.05) is 31.9 Å². The van der Waals surface area contributed by atoms with E-state index in [1.807, 2.05) is 0 Å².